The van der Waals surface area contributed by atoms with Gasteiger partial charge >= 0.3 is 0 Å². The Kier molecular flexibility index (Phi) is 5.51. The van der Waals surface area contributed by atoms with Crippen molar-refractivity contribution in [3.63, 3.8) is 0 Å². The van der Waals surface area contributed by atoms with E-state index >= 15 is 0 Å². The maximum Gasteiger partial charge on any atom is 0.220 e. The van der Waals surface area contributed by atoms with Crippen LogP contribution in [0.1, 0.15) is 5.56 Å². The number of pyridine rings is 1. The van der Waals surface area contributed by atoms with Gasteiger partial charge in [0.2, 0.25) is 10.0 Å². The fraction of sp³-hybridized carbons (Fsp3) is 0.250. The molecule has 8 nitrogen and oxygen atoms in total. The zero-order valence-electron chi connectivity index (χ0n) is 18.5. The number of ether oxygens (including phenoxy) is 1. The molecule has 0 atom stereocenters. The molecule has 0 spiro atoms. The molecule has 0 N–H and O–H groups in total. The molecule has 1 aliphatic heterocycles. The topological polar surface area (TPSA) is 80.6 Å². The van der Waals surface area contributed by atoms with Gasteiger partial charge in [0, 0.05) is 38.3 Å². The summed E-state index contributed by atoms with van der Waals surface area (Å²) in [6.07, 6.45) is 1.94. The Hall–Kier alpha value is -3.43. The van der Waals surface area contributed by atoms with Crippen LogP contribution in [0.25, 0.3) is 16.7 Å². The summed E-state index contributed by atoms with van der Waals surface area (Å²) in [5.74, 6) is 1.49. The maximum absolute atomic E-state index is 13.0. The van der Waals surface area contributed by atoms with Crippen LogP contribution < -0.4 is 9.64 Å². The quantitative estimate of drug-likeness (QED) is 0.419. The molecule has 33 heavy (non-hydrogen) atoms. The smallest absolute Gasteiger partial charge is 0.220 e. The molecule has 1 saturated heterocycles. The summed E-state index contributed by atoms with van der Waals surface area (Å²) in [4.78, 5) is 6.64. The second kappa shape index (κ2) is 8.49. The van der Waals surface area contributed by atoms with Gasteiger partial charge in [-0.3, -0.25) is 0 Å². The van der Waals surface area contributed by atoms with Gasteiger partial charge < -0.3 is 9.64 Å². The van der Waals surface area contributed by atoms with Crippen molar-refractivity contribution in [2.24, 2.45) is 0 Å². The van der Waals surface area contributed by atoms with Crippen LogP contribution in [0.15, 0.2) is 72.9 Å². The summed E-state index contributed by atoms with van der Waals surface area (Å²) in [6, 6.07) is 21.2. The lowest BCUT2D eigenvalue weighted by Gasteiger charge is -2.40. The number of para-hydroxylation sites is 1. The van der Waals surface area contributed by atoms with E-state index in [-0.39, 0.29) is 0 Å². The van der Waals surface area contributed by atoms with Crippen LogP contribution in [0.5, 0.6) is 5.75 Å². The Morgan fingerprint density at radius 1 is 1.03 bits per heavy atom. The van der Waals surface area contributed by atoms with Crippen molar-refractivity contribution in [1.82, 2.24) is 19.1 Å². The Balaban J connectivity index is 1.26. The number of aromatic nitrogens is 3. The van der Waals surface area contributed by atoms with Crippen molar-refractivity contribution in [3.8, 4) is 11.4 Å². The van der Waals surface area contributed by atoms with E-state index in [1.165, 1.54) is 4.31 Å². The standard InChI is InChI=1S/C24H25N5O3S/c1-27(14-18-8-11-21(32-2)12-9-18)33(30,31)22-16-28(17-22)23-13-10-19-15-29(26-24(19)25-23)20-6-4-3-5-7-20/h3-13,15,22H,14,16-17H2,1-2H3. The number of hydrogen-bond acceptors (Lipinski definition) is 6. The van der Waals surface area contributed by atoms with Crippen molar-refractivity contribution >= 4 is 26.9 Å². The lowest BCUT2D eigenvalue weighted by molar-refractivity contribution is 0.414. The molecule has 0 aliphatic carbocycles. The molecule has 0 radical (unpaired) electrons. The van der Waals surface area contributed by atoms with Gasteiger partial charge in [0.1, 0.15) is 16.8 Å². The van der Waals surface area contributed by atoms with Gasteiger partial charge in [-0.2, -0.15) is 0 Å². The number of sulfonamides is 1. The zero-order chi connectivity index (χ0) is 23.0. The monoisotopic (exact) mass is 463 g/mol. The van der Waals surface area contributed by atoms with Crippen molar-refractivity contribution in [1.29, 1.82) is 0 Å². The molecule has 1 aliphatic rings. The third-order valence-electron chi connectivity index (χ3n) is 5.97. The highest BCUT2D eigenvalue weighted by molar-refractivity contribution is 7.89. The van der Waals surface area contributed by atoms with Gasteiger partial charge in [-0.1, -0.05) is 30.3 Å². The van der Waals surface area contributed by atoms with Gasteiger partial charge in [0.15, 0.2) is 5.65 Å². The first-order chi connectivity index (χ1) is 15.9. The molecule has 5 rings (SSSR count). The number of nitrogens with zero attached hydrogens (tertiary/aromatic N) is 5. The summed E-state index contributed by atoms with van der Waals surface area (Å²) in [5.41, 5.74) is 2.52. The number of methoxy groups -OCH3 is 1. The highest BCUT2D eigenvalue weighted by Crippen LogP contribution is 2.27. The van der Waals surface area contributed by atoms with Gasteiger partial charge in [0.05, 0.1) is 12.8 Å². The Morgan fingerprint density at radius 2 is 1.76 bits per heavy atom. The van der Waals surface area contributed by atoms with Gasteiger partial charge in [0.25, 0.3) is 0 Å². The Bertz CT molecular complexity index is 1360. The number of rotatable bonds is 7. The van der Waals surface area contributed by atoms with Crippen LogP contribution in [0.4, 0.5) is 5.82 Å². The number of benzene rings is 2. The van der Waals surface area contributed by atoms with Crippen LogP contribution in [-0.2, 0) is 16.6 Å². The third kappa shape index (κ3) is 4.17. The summed E-state index contributed by atoms with van der Waals surface area (Å²) in [6.45, 7) is 1.14. The van der Waals surface area contributed by atoms with E-state index in [0.29, 0.717) is 25.3 Å². The lowest BCUT2D eigenvalue weighted by Crippen LogP contribution is -2.58. The molecule has 3 heterocycles. The van der Waals surface area contributed by atoms with Crippen molar-refractivity contribution in [3.05, 3.63) is 78.5 Å². The highest BCUT2D eigenvalue weighted by Gasteiger charge is 2.40. The fourth-order valence-electron chi connectivity index (χ4n) is 3.93. The number of fused-ring (bicyclic) bond motifs is 1. The van der Waals surface area contributed by atoms with Crippen molar-refractivity contribution in [2.75, 3.05) is 32.1 Å². The Morgan fingerprint density at radius 3 is 2.45 bits per heavy atom. The van der Waals surface area contributed by atoms with E-state index in [1.54, 1.807) is 18.8 Å². The minimum Gasteiger partial charge on any atom is -0.497 e. The predicted molar refractivity (Wildman–Crippen MR) is 128 cm³/mol. The molecule has 0 unspecified atom stereocenters. The average Bonchev–Trinajstić information content (AvgIpc) is 3.22. The largest absolute Gasteiger partial charge is 0.497 e. The van der Waals surface area contributed by atoms with Crippen LogP contribution >= 0.6 is 0 Å². The van der Waals surface area contributed by atoms with Crippen LogP contribution in [-0.4, -0.2) is 60.0 Å². The van der Waals surface area contributed by atoms with E-state index in [1.807, 2.05) is 77.8 Å². The van der Waals surface area contributed by atoms with E-state index in [2.05, 4.69) is 10.1 Å². The van der Waals surface area contributed by atoms with Crippen LogP contribution in [0.2, 0.25) is 0 Å². The van der Waals surface area contributed by atoms with E-state index in [4.69, 9.17) is 4.74 Å². The van der Waals surface area contributed by atoms with Gasteiger partial charge in [-0.05, 0) is 42.0 Å². The molecule has 2 aromatic heterocycles. The first-order valence-electron chi connectivity index (χ1n) is 10.7. The van der Waals surface area contributed by atoms with Crippen molar-refractivity contribution < 1.29 is 13.2 Å². The first-order valence-corrected chi connectivity index (χ1v) is 12.2. The molecule has 1 fully saturated rings. The minimum absolute atomic E-state index is 0.323. The third-order valence-corrected chi connectivity index (χ3v) is 8.11. The Labute approximate surface area is 193 Å². The molecule has 4 aromatic rings. The predicted octanol–water partition coefficient (Wildman–Crippen LogP) is 3.08. The maximum atomic E-state index is 13.0. The minimum atomic E-state index is -3.42. The molecule has 170 valence electrons. The zero-order valence-corrected chi connectivity index (χ0v) is 19.3. The van der Waals surface area contributed by atoms with Gasteiger partial charge in [-0.15, -0.1) is 5.10 Å². The molecular weight excluding hydrogens is 438 g/mol. The number of hydrogen-bond donors (Lipinski definition) is 0. The second-order valence-corrected chi connectivity index (χ2v) is 10.5. The summed E-state index contributed by atoms with van der Waals surface area (Å²) in [7, 11) is -0.184. The van der Waals surface area contributed by atoms with E-state index in [0.717, 1.165) is 28.2 Å². The second-order valence-electron chi connectivity index (χ2n) is 8.17. The summed E-state index contributed by atoms with van der Waals surface area (Å²) < 4.78 is 34.4. The van der Waals surface area contributed by atoms with Crippen molar-refractivity contribution in [2.45, 2.75) is 11.8 Å². The molecule has 0 bridgehead atoms. The lowest BCUT2D eigenvalue weighted by atomic mass is 10.2. The molecule has 9 heteroatoms. The molecule has 0 amide bonds. The van der Waals surface area contributed by atoms with Crippen LogP contribution in [0, 0.1) is 0 Å². The molecule has 2 aromatic carbocycles. The normalized spacial score (nSPS) is 14.6. The van der Waals surface area contributed by atoms with Crippen LogP contribution in [0.3, 0.4) is 0 Å². The van der Waals surface area contributed by atoms with Gasteiger partial charge in [-0.25, -0.2) is 22.4 Å². The fourth-order valence-corrected chi connectivity index (χ4v) is 5.50. The van der Waals surface area contributed by atoms with E-state index in [9.17, 15) is 8.42 Å². The number of anilines is 1. The first kappa shape index (κ1) is 21.4. The molecular formula is C24H25N5O3S. The highest BCUT2D eigenvalue weighted by atomic mass is 32.2. The SMILES string of the molecule is COc1ccc(CN(C)S(=O)(=O)C2CN(c3ccc4cn(-c5ccccc5)nc4n3)C2)cc1. The molecule has 0 saturated carbocycles. The average molecular weight is 464 g/mol. The van der Waals surface area contributed by atoms with E-state index < -0.39 is 15.3 Å². The summed E-state index contributed by atoms with van der Waals surface area (Å²) >= 11 is 0. The summed E-state index contributed by atoms with van der Waals surface area (Å²) in [5, 5.41) is 5.06.